The molecule has 20 heteroatoms. The first-order chi connectivity index (χ1) is 9.49. The van der Waals surface area contributed by atoms with Gasteiger partial charge in [-0.2, -0.15) is 0 Å². The van der Waals surface area contributed by atoms with Crippen LogP contribution in [0.5, 0.6) is 0 Å². The van der Waals surface area contributed by atoms with Crippen molar-refractivity contribution in [3.8, 4) is 0 Å². The Morgan fingerprint density at radius 1 is 0.476 bits per heavy atom. The second-order valence-corrected chi connectivity index (χ2v) is 0.447. The molecule has 0 aromatic carbocycles. The molecule has 0 bridgehead atoms. The molecule has 0 saturated heterocycles. The van der Waals surface area contributed by atoms with Gasteiger partial charge < -0.3 is 66.4 Å². The third-order valence-corrected chi connectivity index (χ3v) is 0. The summed E-state index contributed by atoms with van der Waals surface area (Å²) in [7, 11) is 1.50. The first-order valence-electron chi connectivity index (χ1n) is 2.77. The number of rotatable bonds is 0. The molecule has 0 unspecified atom stereocenters. The van der Waals surface area contributed by atoms with Crippen LogP contribution in [0, 0.1) is 60.7 Å². The minimum atomic E-state index is 0. The summed E-state index contributed by atoms with van der Waals surface area (Å²) in [5, 5.41) is 54.0. The van der Waals surface area contributed by atoms with Gasteiger partial charge in [-0.3, -0.25) is 0 Å². The molecule has 0 aromatic heterocycles. The van der Waals surface area contributed by atoms with E-state index in [1.807, 2.05) is 0 Å². The summed E-state index contributed by atoms with van der Waals surface area (Å²) in [5.41, 5.74) is 4.50. The van der Waals surface area contributed by atoms with Crippen molar-refractivity contribution in [3.05, 3.63) is 60.7 Å². The van der Waals surface area contributed by atoms with Crippen molar-refractivity contribution < 1.29 is 16.8 Å². The van der Waals surface area contributed by atoms with Crippen molar-refractivity contribution in [1.29, 1.82) is 0 Å². The van der Waals surface area contributed by atoms with Crippen LogP contribution >= 0.6 is 0 Å². The molecule has 21 heavy (non-hydrogen) atoms. The maximum Gasteiger partial charge on any atom is 0 e. The van der Waals surface area contributed by atoms with Crippen LogP contribution in [0.4, 0.5) is 0 Å². The molecular formula is CH5CoN7O12-6. The van der Waals surface area contributed by atoms with Crippen LogP contribution in [-0.4, -0.2) is 7.05 Å². The Kier molecular flexibility index (Phi) is 1280. The van der Waals surface area contributed by atoms with Crippen molar-refractivity contribution in [1.82, 2.24) is 0 Å². The maximum absolute atomic E-state index is 8.00. The van der Waals surface area contributed by atoms with Gasteiger partial charge in [0.05, 0.1) is 0 Å². The summed E-state index contributed by atoms with van der Waals surface area (Å²) < 4.78 is 0. The fourth-order valence-corrected chi connectivity index (χ4v) is 0. The van der Waals surface area contributed by atoms with Crippen LogP contribution in [0.2, 0.25) is 0 Å². The first kappa shape index (κ1) is 52.2. The Morgan fingerprint density at radius 3 is 0.476 bits per heavy atom. The van der Waals surface area contributed by atoms with Gasteiger partial charge in [0.1, 0.15) is 0 Å². The van der Waals surface area contributed by atoms with Crippen molar-refractivity contribution >= 4 is 0 Å². The predicted octanol–water partition coefficient (Wildman–Crippen LogP) is 1.08. The van der Waals surface area contributed by atoms with E-state index in [2.05, 4.69) is 5.73 Å². The van der Waals surface area contributed by atoms with Gasteiger partial charge in [-0.15, -0.1) is 32.0 Å². The summed E-state index contributed by atoms with van der Waals surface area (Å²) in [6, 6.07) is 0. The maximum atomic E-state index is 8.00. The van der Waals surface area contributed by atoms with Crippen LogP contribution in [0.1, 0.15) is 0 Å². The van der Waals surface area contributed by atoms with Crippen LogP contribution in [-0.2, 0) is 16.8 Å². The standard InChI is InChI=1S/CH5N.Co.6HNO2/c1-2;;6*2-1-3/h2H2,1H3;;6*(H,2,3)/p-6. The van der Waals surface area contributed by atoms with E-state index >= 15 is 0 Å². The summed E-state index contributed by atoms with van der Waals surface area (Å²) in [6.45, 7) is 0. The predicted molar refractivity (Wildman–Crippen MR) is 65.1 cm³/mol. The third-order valence-electron chi connectivity index (χ3n) is 0. The Hall–Kier alpha value is -3.13. The smallest absolute Gasteiger partial charge is 0 e. The number of nitrogens with zero attached hydrogens (tertiary/aromatic N) is 6. The number of hydrogen-bond donors (Lipinski definition) is 1. The largest absolute Gasteiger partial charge is 0.444 e. The van der Waals surface area contributed by atoms with E-state index in [4.69, 9.17) is 60.7 Å². The Bertz CT molecular complexity index is 121. The molecule has 131 valence electrons. The van der Waals surface area contributed by atoms with Crippen LogP contribution in [0.15, 0.2) is 32.0 Å². The molecule has 0 aliphatic heterocycles. The molecule has 0 amide bonds. The molecule has 0 aliphatic rings. The van der Waals surface area contributed by atoms with E-state index in [1.165, 1.54) is 7.05 Å². The average Bonchev–Trinajstić information content (AvgIpc) is 2.36. The Balaban J connectivity index is -0.0000000156. The molecular weight excluding hydrogens is 361 g/mol. The minimum Gasteiger partial charge on any atom is -0.444 e. The zero-order chi connectivity index (χ0) is 18.2. The quantitative estimate of drug-likeness (QED) is 0.463. The molecule has 0 rings (SSSR count). The van der Waals surface area contributed by atoms with Gasteiger partial charge >= 0.3 is 0 Å². The van der Waals surface area contributed by atoms with E-state index in [1.54, 1.807) is 0 Å². The third kappa shape index (κ3) is 380. The normalized spacial score (nSPS) is 3.71. The zero-order valence-electron chi connectivity index (χ0n) is 9.49. The molecule has 2 N–H and O–H groups in total. The molecule has 0 spiro atoms. The fourth-order valence-electron chi connectivity index (χ4n) is 0. The van der Waals surface area contributed by atoms with E-state index in [0.717, 1.165) is 32.0 Å². The number of hydrogen-bond acceptors (Lipinski definition) is 19. The first-order valence-corrected chi connectivity index (χ1v) is 2.77. The molecule has 19 nitrogen and oxygen atoms in total. The van der Waals surface area contributed by atoms with Crippen molar-refractivity contribution in [3.63, 3.8) is 0 Å². The fraction of sp³-hybridized carbons (Fsp3) is 1.00. The van der Waals surface area contributed by atoms with Crippen LogP contribution < -0.4 is 5.73 Å². The Morgan fingerprint density at radius 2 is 0.476 bits per heavy atom. The monoisotopic (exact) mass is 366 g/mol. The summed E-state index contributed by atoms with van der Waals surface area (Å²) >= 11 is 0. The summed E-state index contributed by atoms with van der Waals surface area (Å²) in [5.74, 6) is 0. The van der Waals surface area contributed by atoms with Gasteiger partial charge in [-0.1, -0.05) is 0 Å². The van der Waals surface area contributed by atoms with E-state index in [0.29, 0.717) is 0 Å². The summed E-state index contributed by atoms with van der Waals surface area (Å²) in [6.07, 6.45) is 0. The zero-order valence-corrected chi connectivity index (χ0v) is 10.5. The molecule has 0 fully saturated rings. The molecule has 0 aromatic rings. The van der Waals surface area contributed by atoms with E-state index in [9.17, 15) is 0 Å². The topological polar surface area (TPSA) is 341 Å². The van der Waals surface area contributed by atoms with Crippen molar-refractivity contribution in [2.75, 3.05) is 7.05 Å². The van der Waals surface area contributed by atoms with E-state index in [-0.39, 0.29) is 16.8 Å². The molecule has 0 saturated carbocycles. The number of nitrogens with two attached hydrogens (primary N) is 1. The second-order valence-electron chi connectivity index (χ2n) is 0.447. The summed E-state index contributed by atoms with van der Waals surface area (Å²) in [4.78, 5) is 48.0. The van der Waals surface area contributed by atoms with Crippen molar-refractivity contribution in [2.24, 2.45) is 37.8 Å². The molecule has 0 aliphatic carbocycles. The minimum absolute atomic E-state index is 0. The van der Waals surface area contributed by atoms with Crippen LogP contribution in [0.3, 0.4) is 0 Å². The SMILES string of the molecule is CN.O=N[O-].O=N[O-].O=N[O-].O=N[O-].O=N[O-].O=N[O-].[Co]. The van der Waals surface area contributed by atoms with Gasteiger partial charge in [-0.05, 0) is 7.05 Å². The van der Waals surface area contributed by atoms with Gasteiger partial charge in [0.15, 0.2) is 0 Å². The van der Waals surface area contributed by atoms with Gasteiger partial charge in [0, 0.05) is 16.8 Å². The average molecular weight is 366 g/mol. The molecule has 0 heterocycles. The van der Waals surface area contributed by atoms with Crippen LogP contribution in [0.25, 0.3) is 0 Å². The second kappa shape index (κ2) is 517. The van der Waals surface area contributed by atoms with Gasteiger partial charge in [0.2, 0.25) is 0 Å². The van der Waals surface area contributed by atoms with Gasteiger partial charge in [0.25, 0.3) is 0 Å². The molecule has 1 radical (unpaired) electrons. The molecule has 0 atom stereocenters. The van der Waals surface area contributed by atoms with E-state index < -0.39 is 0 Å². The Labute approximate surface area is 123 Å². The van der Waals surface area contributed by atoms with Gasteiger partial charge in [-0.25, -0.2) is 0 Å². The van der Waals surface area contributed by atoms with Crippen molar-refractivity contribution in [2.45, 2.75) is 0 Å².